The fourth-order valence-electron chi connectivity index (χ4n) is 2.49. The van der Waals surface area contributed by atoms with Gasteiger partial charge in [0.2, 0.25) is 0 Å². The van der Waals surface area contributed by atoms with Crippen LogP contribution in [0.1, 0.15) is 5.56 Å². The van der Waals surface area contributed by atoms with Crippen molar-refractivity contribution < 1.29 is 4.92 Å². The largest absolute Gasteiger partial charge is 0.335 e. The molecule has 2 aromatic rings. The van der Waals surface area contributed by atoms with Gasteiger partial charge in [-0.3, -0.25) is 10.1 Å². The van der Waals surface area contributed by atoms with Crippen LogP contribution in [0.4, 0.5) is 17.1 Å². The summed E-state index contributed by atoms with van der Waals surface area (Å²) in [7, 11) is 0. The van der Waals surface area contributed by atoms with E-state index in [4.69, 9.17) is 0 Å². The van der Waals surface area contributed by atoms with Crippen LogP contribution in [0, 0.1) is 10.1 Å². The van der Waals surface area contributed by atoms with Crippen LogP contribution in [0.3, 0.4) is 0 Å². The maximum atomic E-state index is 11.2. The molecule has 0 aliphatic carbocycles. The molecule has 6 heteroatoms. The summed E-state index contributed by atoms with van der Waals surface area (Å²) in [5.74, 6) is 0. The first-order valence-corrected chi connectivity index (χ1v) is 7.65. The highest BCUT2D eigenvalue weighted by molar-refractivity contribution is 9.10. The molecule has 0 radical (unpaired) electrons. The summed E-state index contributed by atoms with van der Waals surface area (Å²) in [6.07, 6.45) is 0.891. The van der Waals surface area contributed by atoms with E-state index in [0.717, 1.165) is 23.1 Å². The predicted molar refractivity (Wildman–Crippen MR) is 85.6 cm³/mol. The number of hydrogen-bond donors (Lipinski definition) is 0. The van der Waals surface area contributed by atoms with E-state index in [-0.39, 0.29) is 10.6 Å². The topological polar surface area (TPSA) is 46.4 Å². The third-order valence-corrected chi connectivity index (χ3v) is 4.35. The lowest BCUT2D eigenvalue weighted by Crippen LogP contribution is -2.14. The van der Waals surface area contributed by atoms with Crippen molar-refractivity contribution in [2.45, 2.75) is 6.42 Å². The van der Waals surface area contributed by atoms with E-state index in [2.05, 4.69) is 37.9 Å². The molecule has 0 saturated heterocycles. The molecule has 0 unspecified atom stereocenters. The Balaban J connectivity index is 2.11. The van der Waals surface area contributed by atoms with Crippen molar-refractivity contribution in [1.82, 2.24) is 0 Å². The quantitative estimate of drug-likeness (QED) is 0.539. The van der Waals surface area contributed by atoms with Crippen LogP contribution in [0.15, 0.2) is 45.3 Å². The molecule has 0 atom stereocenters. The molecule has 0 bridgehead atoms. The van der Waals surface area contributed by atoms with Gasteiger partial charge in [-0.1, -0.05) is 31.9 Å². The van der Waals surface area contributed by atoms with Gasteiger partial charge in [-0.05, 0) is 42.3 Å². The van der Waals surface area contributed by atoms with Gasteiger partial charge in [-0.2, -0.15) is 0 Å². The highest BCUT2D eigenvalue weighted by Gasteiger charge is 2.26. The smallest absolute Gasteiger partial charge is 0.294 e. The third-order valence-electron chi connectivity index (χ3n) is 3.36. The van der Waals surface area contributed by atoms with E-state index in [9.17, 15) is 10.1 Å². The normalized spacial score (nSPS) is 13.4. The number of nitro groups is 1. The number of hydrogen-bond acceptors (Lipinski definition) is 3. The minimum atomic E-state index is -0.336. The van der Waals surface area contributed by atoms with Gasteiger partial charge in [0.15, 0.2) is 0 Å². The molecular formula is C14H10Br2N2O2. The van der Waals surface area contributed by atoms with Gasteiger partial charge in [-0.15, -0.1) is 0 Å². The van der Waals surface area contributed by atoms with E-state index in [1.165, 1.54) is 5.56 Å². The number of nitrogens with zero attached hydrogens (tertiary/aromatic N) is 2. The summed E-state index contributed by atoms with van der Waals surface area (Å²) in [6.45, 7) is 0.758. The highest BCUT2D eigenvalue weighted by atomic mass is 79.9. The lowest BCUT2D eigenvalue weighted by molar-refractivity contribution is -0.384. The van der Waals surface area contributed by atoms with Crippen molar-refractivity contribution >= 4 is 48.9 Å². The SMILES string of the molecule is O=[N+]([O-])c1cc(Br)ccc1N1CCc2cc(Br)ccc21. The summed E-state index contributed by atoms with van der Waals surface area (Å²) in [5.41, 5.74) is 3.00. The van der Waals surface area contributed by atoms with E-state index in [1.807, 2.05) is 23.1 Å². The van der Waals surface area contributed by atoms with Gasteiger partial charge >= 0.3 is 0 Å². The molecule has 102 valence electrons. The minimum absolute atomic E-state index is 0.121. The Bertz CT molecular complexity index is 704. The van der Waals surface area contributed by atoms with Crippen LogP contribution >= 0.6 is 31.9 Å². The van der Waals surface area contributed by atoms with Crippen molar-refractivity contribution in [2.24, 2.45) is 0 Å². The second kappa shape index (κ2) is 5.18. The van der Waals surface area contributed by atoms with E-state index in [0.29, 0.717) is 10.2 Å². The molecule has 1 aliphatic heterocycles. The number of anilines is 2. The average molecular weight is 398 g/mol. The zero-order chi connectivity index (χ0) is 14.3. The van der Waals surface area contributed by atoms with Crippen molar-refractivity contribution in [3.8, 4) is 0 Å². The fourth-order valence-corrected chi connectivity index (χ4v) is 3.25. The monoisotopic (exact) mass is 396 g/mol. The summed E-state index contributed by atoms with van der Waals surface area (Å²) in [6, 6.07) is 11.2. The second-order valence-corrected chi connectivity index (χ2v) is 6.40. The van der Waals surface area contributed by atoms with E-state index < -0.39 is 0 Å². The third kappa shape index (κ3) is 2.33. The second-order valence-electron chi connectivity index (χ2n) is 4.56. The Labute approximate surface area is 132 Å². The van der Waals surface area contributed by atoms with E-state index in [1.54, 1.807) is 12.1 Å². The van der Waals surface area contributed by atoms with Crippen molar-refractivity contribution in [3.63, 3.8) is 0 Å². The van der Waals surface area contributed by atoms with Gasteiger partial charge in [0.05, 0.1) is 4.92 Å². The molecule has 20 heavy (non-hydrogen) atoms. The van der Waals surface area contributed by atoms with Crippen molar-refractivity contribution in [3.05, 3.63) is 61.0 Å². The van der Waals surface area contributed by atoms with Crippen molar-refractivity contribution in [1.29, 1.82) is 0 Å². The van der Waals surface area contributed by atoms with Gasteiger partial charge in [0.1, 0.15) is 5.69 Å². The number of rotatable bonds is 2. The maximum absolute atomic E-state index is 11.2. The molecule has 0 N–H and O–H groups in total. The summed E-state index contributed by atoms with van der Waals surface area (Å²) in [4.78, 5) is 12.9. The Morgan fingerprint density at radius 1 is 1.05 bits per heavy atom. The lowest BCUT2D eigenvalue weighted by Gasteiger charge is -2.19. The van der Waals surface area contributed by atoms with Crippen LogP contribution in [0.2, 0.25) is 0 Å². The first kappa shape index (κ1) is 13.6. The molecule has 3 rings (SSSR count). The lowest BCUT2D eigenvalue weighted by atomic mass is 10.2. The fraction of sp³-hybridized carbons (Fsp3) is 0.143. The molecule has 4 nitrogen and oxygen atoms in total. The van der Waals surface area contributed by atoms with Crippen LogP contribution in [-0.4, -0.2) is 11.5 Å². The van der Waals surface area contributed by atoms with Gasteiger partial charge in [0.25, 0.3) is 5.69 Å². The van der Waals surface area contributed by atoms with E-state index >= 15 is 0 Å². The summed E-state index contributed by atoms with van der Waals surface area (Å²) in [5, 5.41) is 11.2. The van der Waals surface area contributed by atoms with Crippen LogP contribution in [0.5, 0.6) is 0 Å². The zero-order valence-corrected chi connectivity index (χ0v) is 13.5. The number of fused-ring (bicyclic) bond motifs is 1. The number of halogens is 2. The molecule has 0 fully saturated rings. The Hall–Kier alpha value is -1.40. The average Bonchev–Trinajstić information content (AvgIpc) is 2.81. The van der Waals surface area contributed by atoms with Gasteiger partial charge in [0, 0.05) is 27.2 Å². The van der Waals surface area contributed by atoms with Gasteiger partial charge < -0.3 is 4.90 Å². The first-order chi connectivity index (χ1) is 9.56. The number of nitro benzene ring substituents is 1. The molecule has 2 aromatic carbocycles. The zero-order valence-electron chi connectivity index (χ0n) is 10.3. The molecule has 0 amide bonds. The standard InChI is InChI=1S/C14H10Br2N2O2/c15-10-1-3-12-9(7-10)5-6-17(12)13-4-2-11(16)8-14(13)18(19)20/h1-4,7-8H,5-6H2. The highest BCUT2D eigenvalue weighted by Crippen LogP contribution is 2.40. The Morgan fingerprint density at radius 3 is 2.40 bits per heavy atom. The molecule has 0 saturated carbocycles. The molecule has 1 aliphatic rings. The van der Waals surface area contributed by atoms with Crippen LogP contribution in [0.25, 0.3) is 0 Å². The summed E-state index contributed by atoms with van der Waals surface area (Å²) < 4.78 is 1.74. The van der Waals surface area contributed by atoms with Gasteiger partial charge in [-0.25, -0.2) is 0 Å². The molecule has 0 spiro atoms. The first-order valence-electron chi connectivity index (χ1n) is 6.06. The predicted octanol–water partition coefficient (Wildman–Crippen LogP) is 4.81. The Kier molecular flexibility index (Phi) is 3.52. The van der Waals surface area contributed by atoms with Crippen LogP contribution in [-0.2, 0) is 6.42 Å². The molecule has 0 aromatic heterocycles. The minimum Gasteiger partial charge on any atom is -0.335 e. The molecule has 1 heterocycles. The number of benzene rings is 2. The van der Waals surface area contributed by atoms with Crippen molar-refractivity contribution in [2.75, 3.05) is 11.4 Å². The van der Waals surface area contributed by atoms with Crippen LogP contribution < -0.4 is 4.90 Å². The molecular weight excluding hydrogens is 388 g/mol. The summed E-state index contributed by atoms with van der Waals surface area (Å²) >= 11 is 6.74. The Morgan fingerprint density at radius 2 is 1.70 bits per heavy atom. The maximum Gasteiger partial charge on any atom is 0.294 e.